The van der Waals surface area contributed by atoms with Crippen molar-refractivity contribution in [3.63, 3.8) is 0 Å². The zero-order valence-electron chi connectivity index (χ0n) is 15.1. The quantitative estimate of drug-likeness (QED) is 0.875. The van der Waals surface area contributed by atoms with Crippen LogP contribution in [0.1, 0.15) is 30.9 Å². The van der Waals surface area contributed by atoms with Gasteiger partial charge in [-0.1, -0.05) is 13.0 Å². The van der Waals surface area contributed by atoms with Gasteiger partial charge in [0.1, 0.15) is 12.5 Å². The van der Waals surface area contributed by atoms with E-state index in [1.165, 1.54) is 16.8 Å². The van der Waals surface area contributed by atoms with Crippen molar-refractivity contribution in [2.75, 3.05) is 37.6 Å². The van der Waals surface area contributed by atoms with E-state index in [2.05, 4.69) is 48.8 Å². The highest BCUT2D eigenvalue weighted by atomic mass is 16.3. The first kappa shape index (κ1) is 17.7. The Balaban J connectivity index is 1.60. The molecule has 2 heterocycles. The fourth-order valence-corrected chi connectivity index (χ4v) is 3.98. The van der Waals surface area contributed by atoms with Crippen molar-refractivity contribution in [1.29, 1.82) is 0 Å². The molecule has 5 nitrogen and oxygen atoms in total. The van der Waals surface area contributed by atoms with Gasteiger partial charge in [-0.05, 0) is 43.5 Å². The zero-order chi connectivity index (χ0) is 17.3. The maximum absolute atomic E-state index is 10.6. The van der Waals surface area contributed by atoms with Gasteiger partial charge < -0.3 is 15.1 Å². The maximum atomic E-state index is 10.6. The average Bonchev–Trinajstić information content (AvgIpc) is 2.86. The van der Waals surface area contributed by atoms with Gasteiger partial charge in [0.15, 0.2) is 0 Å². The minimum Gasteiger partial charge on any atom is -0.378 e. The summed E-state index contributed by atoms with van der Waals surface area (Å²) < 4.78 is 0. The molecule has 0 radical (unpaired) electrons. The maximum Gasteiger partial charge on any atom is 0.125 e. The molecule has 0 aliphatic carbocycles. The molecule has 3 rings (SSSR count). The molecule has 2 N–H and O–H groups in total. The standard InChI is InChI=1S/C19H31N3O2/c1-4-7-22-18(23)13-17(19(22)24)21-10-8-20(9-11-21)16-6-5-14(2)15(3)12-16/h5-6,12,17-19,23-24H,4,7-11,13H2,1-3H3. The molecule has 0 bridgehead atoms. The van der Waals surface area contributed by atoms with Crippen LogP contribution in [0.5, 0.6) is 0 Å². The second-order valence-electron chi connectivity index (χ2n) is 7.23. The van der Waals surface area contributed by atoms with Gasteiger partial charge in [0.2, 0.25) is 0 Å². The molecule has 0 saturated carbocycles. The lowest BCUT2D eigenvalue weighted by Crippen LogP contribution is -2.54. The number of anilines is 1. The van der Waals surface area contributed by atoms with Crippen LogP contribution in [-0.4, -0.2) is 71.2 Å². The summed E-state index contributed by atoms with van der Waals surface area (Å²) in [5, 5.41) is 20.8. The molecule has 0 aromatic heterocycles. The highest BCUT2D eigenvalue weighted by Crippen LogP contribution is 2.28. The molecule has 3 atom stereocenters. The first-order chi connectivity index (χ1) is 11.5. The Hall–Kier alpha value is -1.14. The second-order valence-corrected chi connectivity index (χ2v) is 7.23. The van der Waals surface area contributed by atoms with Crippen LogP contribution in [0.15, 0.2) is 18.2 Å². The van der Waals surface area contributed by atoms with Gasteiger partial charge in [-0.3, -0.25) is 9.80 Å². The smallest absolute Gasteiger partial charge is 0.125 e. The van der Waals surface area contributed by atoms with Gasteiger partial charge in [0.05, 0.1) is 6.04 Å². The molecule has 1 aromatic rings. The van der Waals surface area contributed by atoms with Crippen LogP contribution in [0.25, 0.3) is 0 Å². The molecule has 2 aliphatic heterocycles. The lowest BCUT2D eigenvalue weighted by atomic mass is 10.1. The normalized spacial score (nSPS) is 29.4. The number of aliphatic hydroxyl groups excluding tert-OH is 2. The van der Waals surface area contributed by atoms with Crippen molar-refractivity contribution in [1.82, 2.24) is 9.80 Å². The Kier molecular flexibility index (Phi) is 5.45. The van der Waals surface area contributed by atoms with Gasteiger partial charge >= 0.3 is 0 Å². The summed E-state index contributed by atoms with van der Waals surface area (Å²) in [4.78, 5) is 6.60. The first-order valence-electron chi connectivity index (χ1n) is 9.19. The molecule has 2 aliphatic rings. The Morgan fingerprint density at radius 3 is 2.38 bits per heavy atom. The second kappa shape index (κ2) is 7.40. The average molecular weight is 333 g/mol. The van der Waals surface area contributed by atoms with E-state index < -0.39 is 12.5 Å². The lowest BCUT2D eigenvalue weighted by molar-refractivity contribution is -0.0678. The van der Waals surface area contributed by atoms with Gasteiger partial charge in [0.25, 0.3) is 0 Å². The summed E-state index contributed by atoms with van der Waals surface area (Å²) >= 11 is 0. The highest BCUT2D eigenvalue weighted by Gasteiger charge is 2.42. The van der Waals surface area contributed by atoms with E-state index in [1.54, 1.807) is 0 Å². The Labute approximate surface area is 145 Å². The minimum absolute atomic E-state index is 0.0495. The number of nitrogens with zero attached hydrogens (tertiary/aromatic N) is 3. The predicted octanol–water partition coefficient (Wildman–Crippen LogP) is 1.55. The lowest BCUT2D eigenvalue weighted by Gasteiger charge is -2.40. The molecule has 3 unspecified atom stereocenters. The molecule has 0 spiro atoms. The van der Waals surface area contributed by atoms with E-state index in [0.29, 0.717) is 6.42 Å². The van der Waals surface area contributed by atoms with Crippen molar-refractivity contribution < 1.29 is 10.2 Å². The monoisotopic (exact) mass is 333 g/mol. The van der Waals surface area contributed by atoms with Gasteiger partial charge in [-0.25, -0.2) is 0 Å². The highest BCUT2D eigenvalue weighted by molar-refractivity contribution is 5.51. The zero-order valence-corrected chi connectivity index (χ0v) is 15.1. The summed E-state index contributed by atoms with van der Waals surface area (Å²) in [6.07, 6.45) is 0.530. The van der Waals surface area contributed by atoms with Crippen molar-refractivity contribution in [3.05, 3.63) is 29.3 Å². The van der Waals surface area contributed by atoms with E-state index in [4.69, 9.17) is 0 Å². The Bertz CT molecular complexity index is 558. The van der Waals surface area contributed by atoms with Gasteiger partial charge in [0, 0.05) is 44.8 Å². The fraction of sp³-hybridized carbons (Fsp3) is 0.684. The molecule has 134 valence electrons. The van der Waals surface area contributed by atoms with E-state index in [-0.39, 0.29) is 6.04 Å². The summed E-state index contributed by atoms with van der Waals surface area (Å²) in [6.45, 7) is 10.9. The van der Waals surface area contributed by atoms with Gasteiger partial charge in [-0.2, -0.15) is 0 Å². The van der Waals surface area contributed by atoms with Crippen LogP contribution >= 0.6 is 0 Å². The number of rotatable bonds is 4. The third kappa shape index (κ3) is 3.45. The summed E-state index contributed by atoms with van der Waals surface area (Å²) in [7, 11) is 0. The minimum atomic E-state index is -0.548. The van der Waals surface area contributed by atoms with E-state index in [9.17, 15) is 10.2 Å². The Morgan fingerprint density at radius 2 is 1.75 bits per heavy atom. The number of likely N-dealkylation sites (tertiary alicyclic amines) is 1. The van der Waals surface area contributed by atoms with Crippen LogP contribution < -0.4 is 4.90 Å². The number of hydrogen-bond donors (Lipinski definition) is 2. The predicted molar refractivity (Wildman–Crippen MR) is 97.1 cm³/mol. The van der Waals surface area contributed by atoms with Crippen molar-refractivity contribution >= 4 is 5.69 Å². The number of piperazine rings is 1. The molecule has 2 saturated heterocycles. The molecule has 1 aromatic carbocycles. The van der Waals surface area contributed by atoms with Crippen LogP contribution in [0, 0.1) is 13.8 Å². The van der Waals surface area contributed by atoms with Crippen LogP contribution in [0.3, 0.4) is 0 Å². The topological polar surface area (TPSA) is 50.2 Å². The SMILES string of the molecule is CCCN1C(O)CC(N2CCN(c3ccc(C)c(C)c3)CC2)C1O. The van der Waals surface area contributed by atoms with Crippen molar-refractivity contribution in [3.8, 4) is 0 Å². The number of aliphatic hydroxyl groups is 2. The number of benzene rings is 1. The van der Waals surface area contributed by atoms with Crippen LogP contribution in [0.4, 0.5) is 5.69 Å². The van der Waals surface area contributed by atoms with Crippen molar-refractivity contribution in [2.45, 2.75) is 52.1 Å². The van der Waals surface area contributed by atoms with Crippen LogP contribution in [-0.2, 0) is 0 Å². The molecular weight excluding hydrogens is 302 g/mol. The molecule has 5 heteroatoms. The third-order valence-corrected chi connectivity index (χ3v) is 5.64. The molecule has 24 heavy (non-hydrogen) atoms. The van der Waals surface area contributed by atoms with Gasteiger partial charge in [-0.15, -0.1) is 0 Å². The van der Waals surface area contributed by atoms with E-state index >= 15 is 0 Å². The van der Waals surface area contributed by atoms with E-state index in [1.807, 2.05) is 4.90 Å². The fourth-order valence-electron chi connectivity index (χ4n) is 3.98. The summed E-state index contributed by atoms with van der Waals surface area (Å²) in [5.74, 6) is 0. The molecule has 2 fully saturated rings. The number of hydrogen-bond acceptors (Lipinski definition) is 5. The molecule has 0 amide bonds. The largest absolute Gasteiger partial charge is 0.378 e. The molecular formula is C19H31N3O2. The Morgan fingerprint density at radius 1 is 1.04 bits per heavy atom. The summed E-state index contributed by atoms with van der Waals surface area (Å²) in [5.41, 5.74) is 3.95. The number of aryl methyl sites for hydroxylation is 2. The van der Waals surface area contributed by atoms with Crippen LogP contribution in [0.2, 0.25) is 0 Å². The van der Waals surface area contributed by atoms with E-state index in [0.717, 1.165) is 39.1 Å². The first-order valence-corrected chi connectivity index (χ1v) is 9.19. The summed E-state index contributed by atoms with van der Waals surface area (Å²) in [6, 6.07) is 6.71. The third-order valence-electron chi connectivity index (χ3n) is 5.64. The van der Waals surface area contributed by atoms with Crippen molar-refractivity contribution in [2.24, 2.45) is 0 Å².